The van der Waals surface area contributed by atoms with Crippen molar-refractivity contribution in [2.45, 2.75) is 30.3 Å². The highest BCUT2D eigenvalue weighted by Crippen LogP contribution is 2.50. The summed E-state index contributed by atoms with van der Waals surface area (Å²) in [5.74, 6) is 6.32. The molecule has 3 atom stereocenters. The van der Waals surface area contributed by atoms with Crippen LogP contribution in [-0.4, -0.2) is 49.1 Å². The van der Waals surface area contributed by atoms with Crippen molar-refractivity contribution in [1.29, 1.82) is 0 Å². The molecule has 0 amide bonds. The van der Waals surface area contributed by atoms with Gasteiger partial charge in [-0.25, -0.2) is 8.42 Å². The van der Waals surface area contributed by atoms with Crippen molar-refractivity contribution in [1.82, 2.24) is 9.29 Å². The van der Waals surface area contributed by atoms with Crippen LogP contribution in [0.2, 0.25) is 0 Å². The lowest BCUT2D eigenvalue weighted by molar-refractivity contribution is 0.193. The predicted octanol–water partition coefficient (Wildman–Crippen LogP) is 3.35. The third-order valence-corrected chi connectivity index (χ3v) is 8.84. The minimum absolute atomic E-state index is 0.00995. The zero-order valence-corrected chi connectivity index (χ0v) is 20.0. The van der Waals surface area contributed by atoms with Gasteiger partial charge in [-0.3, -0.25) is 4.98 Å². The summed E-state index contributed by atoms with van der Waals surface area (Å²) in [7, 11) is -1.73. The van der Waals surface area contributed by atoms with E-state index in [-0.39, 0.29) is 24.6 Å². The smallest absolute Gasteiger partial charge is 0.243 e. The van der Waals surface area contributed by atoms with E-state index in [0.29, 0.717) is 17.9 Å². The van der Waals surface area contributed by atoms with Crippen molar-refractivity contribution < 1.29 is 13.5 Å². The topological polar surface area (TPSA) is 73.7 Å². The van der Waals surface area contributed by atoms with Crippen molar-refractivity contribution in [2.24, 2.45) is 5.92 Å². The van der Waals surface area contributed by atoms with E-state index in [4.69, 9.17) is 0 Å². The van der Waals surface area contributed by atoms with Crippen LogP contribution in [0.15, 0.2) is 71.9 Å². The van der Waals surface area contributed by atoms with Crippen molar-refractivity contribution in [2.75, 3.05) is 25.1 Å². The number of anilines is 1. The number of likely N-dealkylation sites (N-methyl/N-ethyl adjacent to an activating group) is 1. The number of hydrogen-bond donors (Lipinski definition) is 1. The van der Waals surface area contributed by atoms with E-state index in [9.17, 15) is 13.5 Å². The molecule has 2 aromatic carbocycles. The Kier molecular flexibility index (Phi) is 5.90. The summed E-state index contributed by atoms with van der Waals surface area (Å²) in [6.07, 6.45) is 4.12. The first-order chi connectivity index (χ1) is 16.4. The molecule has 174 valence electrons. The van der Waals surface area contributed by atoms with Gasteiger partial charge in [-0.2, -0.15) is 4.31 Å². The van der Waals surface area contributed by atoms with Crippen LogP contribution in [0.5, 0.6) is 0 Å². The number of aliphatic hydroxyl groups is 1. The fraction of sp³-hybridized carbons (Fsp3) is 0.296. The molecular formula is C27H27N3O3S. The lowest BCUT2D eigenvalue weighted by Gasteiger charge is -2.44. The van der Waals surface area contributed by atoms with E-state index in [2.05, 4.69) is 21.7 Å². The Balaban J connectivity index is 1.59. The maximum atomic E-state index is 13.7. The van der Waals surface area contributed by atoms with Gasteiger partial charge in [-0.05, 0) is 61.4 Å². The van der Waals surface area contributed by atoms with Crippen molar-refractivity contribution >= 4 is 15.7 Å². The zero-order chi connectivity index (χ0) is 23.9. The average molecular weight is 474 g/mol. The first-order valence-corrected chi connectivity index (χ1v) is 12.8. The Bertz CT molecular complexity index is 1360. The van der Waals surface area contributed by atoms with Crippen LogP contribution < -0.4 is 4.90 Å². The molecule has 34 heavy (non-hydrogen) atoms. The Morgan fingerprint density at radius 1 is 1.09 bits per heavy atom. The van der Waals surface area contributed by atoms with Gasteiger partial charge in [0, 0.05) is 48.7 Å². The van der Waals surface area contributed by atoms with Gasteiger partial charge in [0.05, 0.1) is 23.6 Å². The number of aliphatic hydroxyl groups excluding tert-OH is 1. The molecule has 0 unspecified atom stereocenters. The van der Waals surface area contributed by atoms with E-state index < -0.39 is 10.0 Å². The van der Waals surface area contributed by atoms with E-state index in [0.717, 1.165) is 27.9 Å². The quantitative estimate of drug-likeness (QED) is 0.591. The van der Waals surface area contributed by atoms with E-state index >= 15 is 0 Å². The van der Waals surface area contributed by atoms with Crippen LogP contribution >= 0.6 is 0 Å². The van der Waals surface area contributed by atoms with Gasteiger partial charge < -0.3 is 10.0 Å². The lowest BCUT2D eigenvalue weighted by atomic mass is 9.82. The van der Waals surface area contributed by atoms with Gasteiger partial charge in [0.1, 0.15) is 0 Å². The molecule has 1 aromatic heterocycles. The normalized spacial score (nSPS) is 22.0. The van der Waals surface area contributed by atoms with Crippen LogP contribution in [0.25, 0.3) is 0 Å². The maximum absolute atomic E-state index is 13.7. The molecule has 3 heterocycles. The van der Waals surface area contributed by atoms with Crippen molar-refractivity contribution in [3.8, 4) is 11.8 Å². The molecule has 1 N–H and O–H groups in total. The standard InChI is InChI=1S/C27H27N3O3S/c1-19-5-10-22(11-6-19)34(32,33)30-15-13-23-26(18-31)29(2)25-12-9-20(16-24(25)27(23)30)7-8-21-4-3-14-28-17-21/h3-6,9-12,14,16-17,23,26-27,31H,13,15,18H2,1-2H3/t23-,26+,27-/m0/s1. The summed E-state index contributed by atoms with van der Waals surface area (Å²) in [6, 6.07) is 16.2. The second kappa shape index (κ2) is 8.88. The highest BCUT2D eigenvalue weighted by molar-refractivity contribution is 7.89. The Morgan fingerprint density at radius 2 is 1.85 bits per heavy atom. The minimum Gasteiger partial charge on any atom is -0.394 e. The number of hydrogen-bond acceptors (Lipinski definition) is 5. The highest BCUT2D eigenvalue weighted by atomic mass is 32.2. The lowest BCUT2D eigenvalue weighted by Crippen LogP contribution is -2.48. The van der Waals surface area contributed by atoms with Gasteiger partial charge in [-0.1, -0.05) is 29.5 Å². The van der Waals surface area contributed by atoms with Gasteiger partial charge >= 0.3 is 0 Å². The Hall–Kier alpha value is -3.18. The number of fused-ring (bicyclic) bond motifs is 3. The Morgan fingerprint density at radius 3 is 2.56 bits per heavy atom. The van der Waals surface area contributed by atoms with Gasteiger partial charge in [0.15, 0.2) is 0 Å². The molecule has 7 heteroatoms. The van der Waals surface area contributed by atoms with Crippen LogP contribution in [0.4, 0.5) is 5.69 Å². The highest BCUT2D eigenvalue weighted by Gasteiger charge is 2.50. The second-order valence-corrected chi connectivity index (χ2v) is 10.8. The molecule has 2 aliphatic rings. The summed E-state index contributed by atoms with van der Waals surface area (Å²) >= 11 is 0. The third-order valence-electron chi connectivity index (χ3n) is 6.94. The number of pyridine rings is 1. The Labute approximate surface area is 200 Å². The van der Waals surface area contributed by atoms with Gasteiger partial charge in [0.25, 0.3) is 0 Å². The van der Waals surface area contributed by atoms with E-state index in [1.54, 1.807) is 28.8 Å². The first kappa shape index (κ1) is 22.6. The molecule has 0 bridgehead atoms. The van der Waals surface area contributed by atoms with E-state index in [1.165, 1.54) is 0 Å². The number of nitrogens with zero attached hydrogens (tertiary/aromatic N) is 3. The van der Waals surface area contributed by atoms with Crippen molar-refractivity contribution in [3.63, 3.8) is 0 Å². The molecule has 0 spiro atoms. The maximum Gasteiger partial charge on any atom is 0.243 e. The van der Waals surface area contributed by atoms with Gasteiger partial charge in [-0.15, -0.1) is 0 Å². The SMILES string of the molecule is Cc1ccc(S(=O)(=O)N2CC[C@H]3[C@@H](CO)N(C)c4ccc(C#Cc5cccnc5)cc4[C@H]32)cc1. The summed E-state index contributed by atoms with van der Waals surface area (Å²) in [5.41, 5.74) is 4.51. The molecule has 1 fully saturated rings. The van der Waals surface area contributed by atoms with Crippen molar-refractivity contribution in [3.05, 3.63) is 89.2 Å². The molecule has 6 nitrogen and oxygen atoms in total. The molecular weight excluding hydrogens is 446 g/mol. The third kappa shape index (κ3) is 3.88. The monoisotopic (exact) mass is 473 g/mol. The number of aromatic nitrogens is 1. The van der Waals surface area contributed by atoms with Crippen LogP contribution in [-0.2, 0) is 10.0 Å². The first-order valence-electron chi connectivity index (χ1n) is 11.4. The van der Waals surface area contributed by atoms with Crippen LogP contribution in [0, 0.1) is 24.7 Å². The molecule has 0 radical (unpaired) electrons. The molecule has 1 saturated heterocycles. The number of benzene rings is 2. The molecule has 5 rings (SSSR count). The molecule has 3 aromatic rings. The summed E-state index contributed by atoms with van der Waals surface area (Å²) in [6.45, 7) is 2.33. The number of sulfonamides is 1. The summed E-state index contributed by atoms with van der Waals surface area (Å²) in [4.78, 5) is 6.48. The zero-order valence-electron chi connectivity index (χ0n) is 19.2. The molecule has 0 saturated carbocycles. The number of aryl methyl sites for hydroxylation is 1. The fourth-order valence-corrected chi connectivity index (χ4v) is 6.85. The second-order valence-electron chi connectivity index (χ2n) is 8.95. The molecule has 0 aliphatic carbocycles. The fourth-order valence-electron chi connectivity index (χ4n) is 5.19. The van der Waals surface area contributed by atoms with Gasteiger partial charge in [0.2, 0.25) is 10.0 Å². The predicted molar refractivity (Wildman–Crippen MR) is 132 cm³/mol. The van der Waals surface area contributed by atoms with E-state index in [1.807, 2.05) is 56.4 Å². The minimum atomic E-state index is -3.70. The van der Waals surface area contributed by atoms with Crippen LogP contribution in [0.3, 0.4) is 0 Å². The average Bonchev–Trinajstić information content (AvgIpc) is 3.30. The summed E-state index contributed by atoms with van der Waals surface area (Å²) in [5, 5.41) is 10.2. The molecule has 2 aliphatic heterocycles. The largest absolute Gasteiger partial charge is 0.394 e. The number of rotatable bonds is 3. The summed E-state index contributed by atoms with van der Waals surface area (Å²) < 4.78 is 29.0. The van der Waals surface area contributed by atoms with Crippen LogP contribution in [0.1, 0.15) is 34.7 Å².